The van der Waals surface area contributed by atoms with E-state index >= 15 is 0 Å². The van der Waals surface area contributed by atoms with Crippen molar-refractivity contribution in [1.29, 1.82) is 0 Å². The first-order chi connectivity index (χ1) is 0. The van der Waals surface area contributed by atoms with Crippen LogP contribution in [0.4, 0.5) is 0 Å². The number of rotatable bonds is 0. The van der Waals surface area contributed by atoms with Gasteiger partial charge in [0.05, 0.1) is 0 Å². The Balaban J connectivity index is 0. The van der Waals surface area contributed by atoms with Crippen LogP contribution in [0.1, 0.15) is 0 Å². The molecule has 0 fully saturated rings. The molecule has 0 saturated heterocycles. The fourth-order valence-corrected chi connectivity index (χ4v) is 0. The number of hydrogen-bond donors (Lipinski definition) is 0. The van der Waals surface area contributed by atoms with Crippen LogP contribution < -0.4 is 0 Å². The van der Waals surface area contributed by atoms with Crippen LogP contribution in [0.2, 0.25) is 0 Å². The average Bonchev–Trinajstić information content (AvgIpc) is 0. The molecule has 0 rings (SSSR count). The van der Waals surface area contributed by atoms with Crippen LogP contribution in [0.15, 0.2) is 0 Å². The standard InChI is InChI=1S/10Fe/q5*+2;5*+3. The molecule has 0 nitrogen and oxygen atoms in total. The molecule has 0 heterocycles. The summed E-state index contributed by atoms with van der Waals surface area (Å²) >= 11 is 0. The summed E-state index contributed by atoms with van der Waals surface area (Å²) in [6.07, 6.45) is 0. The van der Waals surface area contributed by atoms with E-state index in [9.17, 15) is 0 Å². The summed E-state index contributed by atoms with van der Waals surface area (Å²) in [6.45, 7) is 0. The van der Waals surface area contributed by atoms with E-state index in [1.165, 1.54) is 0 Å². The van der Waals surface area contributed by atoms with Crippen molar-refractivity contribution in [3.05, 3.63) is 0 Å². The predicted molar refractivity (Wildman–Crippen MR) is 0 cm³/mol. The molecule has 0 atom stereocenters. The van der Waals surface area contributed by atoms with Crippen LogP contribution in [-0.4, -0.2) is 0 Å². The van der Waals surface area contributed by atoms with E-state index in [2.05, 4.69) is 0 Å². The molecule has 55 valence electrons. The first kappa shape index (κ1) is 113. The van der Waals surface area contributed by atoms with Gasteiger partial charge in [-0.1, -0.05) is 0 Å². The summed E-state index contributed by atoms with van der Waals surface area (Å²) in [4.78, 5) is 0. The molecule has 0 aliphatic rings. The molecule has 0 aromatic carbocycles. The quantitative estimate of drug-likeness (QED) is 0.367. The zero-order chi connectivity index (χ0) is 0. The van der Waals surface area contributed by atoms with Crippen LogP contribution in [-0.2, 0) is 171 Å². The molecule has 0 aliphatic carbocycles. The van der Waals surface area contributed by atoms with E-state index in [-0.39, 0.29) is 171 Å². The zero-order valence-corrected chi connectivity index (χ0v) is 14.6. The van der Waals surface area contributed by atoms with Gasteiger partial charge in [0.15, 0.2) is 0 Å². The van der Waals surface area contributed by atoms with Crippen molar-refractivity contribution in [1.82, 2.24) is 0 Å². The largest absolute Gasteiger partial charge is 3.00 e. The summed E-state index contributed by atoms with van der Waals surface area (Å²) in [6, 6.07) is 0. The minimum Gasteiger partial charge on any atom is 2.00 e. The van der Waals surface area contributed by atoms with Crippen molar-refractivity contribution in [3.8, 4) is 0 Å². The van der Waals surface area contributed by atoms with Gasteiger partial charge < -0.3 is 0 Å². The Morgan fingerprint density at radius 3 is 0.200 bits per heavy atom. The van der Waals surface area contributed by atoms with E-state index < -0.39 is 0 Å². The topological polar surface area (TPSA) is 0 Å². The normalized spacial score (nSPS) is 0. The minimum absolute atomic E-state index is 0. The van der Waals surface area contributed by atoms with Crippen molar-refractivity contribution in [2.75, 3.05) is 0 Å². The molecule has 0 aromatic heterocycles. The smallest absolute Gasteiger partial charge is 2.00 e. The van der Waals surface area contributed by atoms with Crippen molar-refractivity contribution in [2.24, 2.45) is 0 Å². The predicted octanol–water partition coefficient (Wildman–Crippen LogP) is -0.0250. The van der Waals surface area contributed by atoms with Gasteiger partial charge in [0, 0.05) is 0 Å². The third kappa shape index (κ3) is 72.7. The van der Waals surface area contributed by atoms with Crippen LogP contribution >= 0.6 is 0 Å². The van der Waals surface area contributed by atoms with Crippen molar-refractivity contribution in [3.63, 3.8) is 0 Å². The molecule has 10 heteroatoms. The first-order valence-electron chi connectivity index (χ1n) is 0. The molecule has 0 spiro atoms. The Morgan fingerprint density at radius 1 is 0.200 bits per heavy atom. The Labute approximate surface area is 167 Å². The Hall–Kier alpha value is 5.19. The zero-order valence-electron chi connectivity index (χ0n) is 3.54. The van der Waals surface area contributed by atoms with Gasteiger partial charge in [-0.15, -0.1) is 0 Å². The summed E-state index contributed by atoms with van der Waals surface area (Å²) in [5, 5.41) is 0. The first-order valence-corrected chi connectivity index (χ1v) is 0. The average molecular weight is 558 g/mol. The summed E-state index contributed by atoms with van der Waals surface area (Å²) in [5.41, 5.74) is 0. The van der Waals surface area contributed by atoms with E-state index in [1.54, 1.807) is 0 Å². The molecular formula is Fe10+25. The maximum Gasteiger partial charge on any atom is 3.00 e. The van der Waals surface area contributed by atoms with Crippen LogP contribution in [0.3, 0.4) is 0 Å². The number of hydrogen-bond acceptors (Lipinski definition) is 0. The minimum atomic E-state index is 0. The molecule has 10 heavy (non-hydrogen) atoms. The third-order valence-electron chi connectivity index (χ3n) is 0. The molecule has 0 saturated carbocycles. The molecular weight excluding hydrogens is 558 g/mol. The van der Waals surface area contributed by atoms with Gasteiger partial charge in [0.1, 0.15) is 0 Å². The summed E-state index contributed by atoms with van der Waals surface area (Å²) in [5.74, 6) is 0. The van der Waals surface area contributed by atoms with Gasteiger partial charge in [-0.25, -0.2) is 0 Å². The summed E-state index contributed by atoms with van der Waals surface area (Å²) < 4.78 is 0. The van der Waals surface area contributed by atoms with Gasteiger partial charge in [-0.05, 0) is 0 Å². The molecule has 0 aliphatic heterocycles. The van der Waals surface area contributed by atoms with Gasteiger partial charge in [-0.2, -0.15) is 0 Å². The van der Waals surface area contributed by atoms with E-state index in [0.717, 1.165) is 0 Å². The maximum absolute atomic E-state index is 0. The van der Waals surface area contributed by atoms with Crippen molar-refractivity contribution < 1.29 is 171 Å². The second kappa shape index (κ2) is 91.6. The Bertz CT molecular complexity index is 0. The Morgan fingerprint density at radius 2 is 0.200 bits per heavy atom. The SMILES string of the molecule is [Fe+2].[Fe+2].[Fe+2].[Fe+2].[Fe+2].[Fe+3].[Fe+3].[Fe+3].[Fe+3].[Fe+3]. The van der Waals surface area contributed by atoms with Crippen molar-refractivity contribution in [2.45, 2.75) is 0 Å². The molecule has 0 aromatic rings. The fraction of sp³-hybridized carbons (Fsp3) is 0. The molecule has 0 amide bonds. The van der Waals surface area contributed by atoms with Gasteiger partial charge in [0.2, 0.25) is 0 Å². The van der Waals surface area contributed by atoms with E-state index in [4.69, 9.17) is 0 Å². The fourth-order valence-electron chi connectivity index (χ4n) is 0. The van der Waals surface area contributed by atoms with Gasteiger partial charge >= 0.3 is 171 Å². The second-order valence-corrected chi connectivity index (χ2v) is 0. The van der Waals surface area contributed by atoms with Gasteiger partial charge in [-0.3, -0.25) is 0 Å². The molecule has 5 radical (unpaired) electrons. The molecule has 0 bridgehead atoms. The maximum atomic E-state index is 0. The monoisotopic (exact) mass is 559 g/mol. The molecule has 0 N–H and O–H groups in total. The van der Waals surface area contributed by atoms with Crippen LogP contribution in [0.25, 0.3) is 0 Å². The van der Waals surface area contributed by atoms with Gasteiger partial charge in [0.25, 0.3) is 0 Å². The third-order valence-corrected chi connectivity index (χ3v) is 0. The Kier molecular flexibility index (Phi) is 1040. The second-order valence-electron chi connectivity index (χ2n) is 0. The molecule has 0 unspecified atom stereocenters. The van der Waals surface area contributed by atoms with E-state index in [0.29, 0.717) is 0 Å². The van der Waals surface area contributed by atoms with E-state index in [1.807, 2.05) is 0 Å². The van der Waals surface area contributed by atoms with Crippen LogP contribution in [0.5, 0.6) is 0 Å². The summed E-state index contributed by atoms with van der Waals surface area (Å²) in [7, 11) is 0. The van der Waals surface area contributed by atoms with Crippen LogP contribution in [0, 0.1) is 0 Å². The van der Waals surface area contributed by atoms with Crippen molar-refractivity contribution >= 4 is 0 Å².